The van der Waals surface area contributed by atoms with E-state index in [1.54, 1.807) is 27.7 Å². The first-order valence-electron chi connectivity index (χ1n) is 10.4. The van der Waals surface area contributed by atoms with Gasteiger partial charge in [-0.3, -0.25) is 4.79 Å². The van der Waals surface area contributed by atoms with E-state index >= 15 is 0 Å². The van der Waals surface area contributed by atoms with Gasteiger partial charge < -0.3 is 14.6 Å². The van der Waals surface area contributed by atoms with E-state index in [-0.39, 0.29) is 34.0 Å². The molecule has 0 saturated heterocycles. The molecule has 0 aliphatic carbocycles. The summed E-state index contributed by atoms with van der Waals surface area (Å²) in [6.07, 6.45) is -0.687. The average molecular weight is 494 g/mol. The van der Waals surface area contributed by atoms with Gasteiger partial charge in [-0.05, 0) is 63.1 Å². The number of carbonyl (C=O) groups excluding carboxylic acids is 1. The second-order valence-corrected chi connectivity index (χ2v) is 10.1. The van der Waals surface area contributed by atoms with E-state index < -0.39 is 39.7 Å². The molecule has 0 aromatic heterocycles. The molecule has 0 unspecified atom stereocenters. The fraction of sp³-hybridized carbons (Fsp3) is 0.333. The topological polar surface area (TPSA) is 119 Å². The molecular weight excluding hydrogens is 465 g/mol. The van der Waals surface area contributed by atoms with Crippen molar-refractivity contribution < 1.29 is 37.0 Å². The van der Waals surface area contributed by atoms with Crippen LogP contribution in [-0.4, -0.2) is 44.7 Å². The third kappa shape index (κ3) is 6.88. The number of hydrogen-bond acceptors (Lipinski definition) is 6. The number of carboxylic acids is 1. The highest BCUT2D eigenvalue weighted by Gasteiger charge is 2.25. The first-order valence-corrected chi connectivity index (χ1v) is 11.9. The molecule has 0 aliphatic heterocycles. The van der Waals surface area contributed by atoms with E-state index in [2.05, 4.69) is 4.72 Å². The standard InChI is InChI=1S/C24H28FNO7S/c1-6-33-23(29)18(14-21(27)28)22(16-9-12-20(32-5)19(25)13-16)15-7-10-17(11-8-15)34(30,31)26-24(2,3)4/h7-13,26H,6,14H2,1-5H3,(H,27,28)/b22-18-. The predicted molar refractivity (Wildman–Crippen MR) is 124 cm³/mol. The molecule has 2 N–H and O–H groups in total. The Labute approximate surface area is 198 Å². The lowest BCUT2D eigenvalue weighted by Gasteiger charge is -2.20. The number of esters is 1. The van der Waals surface area contributed by atoms with Crippen molar-refractivity contribution in [1.82, 2.24) is 4.72 Å². The Morgan fingerprint density at radius 1 is 1.06 bits per heavy atom. The fourth-order valence-corrected chi connectivity index (χ4v) is 4.65. The van der Waals surface area contributed by atoms with Gasteiger partial charge in [-0.15, -0.1) is 0 Å². The average Bonchev–Trinajstić information content (AvgIpc) is 2.72. The molecule has 0 spiro atoms. The summed E-state index contributed by atoms with van der Waals surface area (Å²) in [6, 6.07) is 9.44. The van der Waals surface area contributed by atoms with Gasteiger partial charge in [0.2, 0.25) is 10.0 Å². The molecule has 0 bridgehead atoms. The number of benzene rings is 2. The Morgan fingerprint density at radius 2 is 1.65 bits per heavy atom. The van der Waals surface area contributed by atoms with Crippen molar-refractivity contribution in [3.63, 3.8) is 0 Å². The van der Waals surface area contributed by atoms with Gasteiger partial charge in [0.15, 0.2) is 11.6 Å². The minimum absolute atomic E-state index is 0.00185. The van der Waals surface area contributed by atoms with Crippen LogP contribution in [0.25, 0.3) is 5.57 Å². The lowest BCUT2D eigenvalue weighted by atomic mass is 9.91. The van der Waals surface area contributed by atoms with E-state index in [1.807, 2.05) is 0 Å². The largest absolute Gasteiger partial charge is 0.494 e. The zero-order valence-corrected chi connectivity index (χ0v) is 20.5. The molecular formula is C24H28FNO7S. The summed E-state index contributed by atoms with van der Waals surface area (Å²) in [4.78, 5) is 24.2. The minimum atomic E-state index is -3.83. The van der Waals surface area contributed by atoms with E-state index in [4.69, 9.17) is 9.47 Å². The van der Waals surface area contributed by atoms with Crippen LogP contribution in [0.3, 0.4) is 0 Å². The van der Waals surface area contributed by atoms with Crippen LogP contribution >= 0.6 is 0 Å². The second-order valence-electron chi connectivity index (χ2n) is 8.37. The Kier molecular flexibility index (Phi) is 8.57. The van der Waals surface area contributed by atoms with Crippen LogP contribution in [0.15, 0.2) is 52.9 Å². The number of halogens is 1. The molecule has 0 heterocycles. The van der Waals surface area contributed by atoms with E-state index in [0.717, 1.165) is 6.07 Å². The number of ether oxygens (including phenoxy) is 2. The molecule has 0 atom stereocenters. The van der Waals surface area contributed by atoms with Crippen molar-refractivity contribution in [3.8, 4) is 5.75 Å². The van der Waals surface area contributed by atoms with Crippen LogP contribution in [0.1, 0.15) is 45.2 Å². The van der Waals surface area contributed by atoms with Gasteiger partial charge in [-0.1, -0.05) is 18.2 Å². The lowest BCUT2D eigenvalue weighted by Crippen LogP contribution is -2.40. The monoisotopic (exact) mass is 493 g/mol. The zero-order valence-electron chi connectivity index (χ0n) is 19.6. The molecule has 2 aromatic carbocycles. The third-order valence-electron chi connectivity index (χ3n) is 4.49. The van der Waals surface area contributed by atoms with Crippen LogP contribution < -0.4 is 9.46 Å². The van der Waals surface area contributed by atoms with Crippen molar-refractivity contribution in [2.75, 3.05) is 13.7 Å². The van der Waals surface area contributed by atoms with Gasteiger partial charge in [-0.2, -0.15) is 0 Å². The number of methoxy groups -OCH3 is 1. The molecule has 8 nitrogen and oxygen atoms in total. The van der Waals surface area contributed by atoms with E-state index in [1.165, 1.54) is 43.5 Å². The number of carboxylic acid groups (broad SMARTS) is 1. The first kappa shape index (κ1) is 27.0. The molecule has 2 rings (SSSR count). The smallest absolute Gasteiger partial charge is 0.335 e. The number of hydrogen-bond donors (Lipinski definition) is 2. The van der Waals surface area contributed by atoms with E-state index in [9.17, 15) is 27.5 Å². The Hall–Kier alpha value is -3.24. The summed E-state index contributed by atoms with van der Waals surface area (Å²) in [7, 11) is -2.53. The van der Waals surface area contributed by atoms with Gasteiger partial charge in [0, 0.05) is 11.1 Å². The highest BCUT2D eigenvalue weighted by molar-refractivity contribution is 7.89. The van der Waals surface area contributed by atoms with Gasteiger partial charge >= 0.3 is 11.9 Å². The molecule has 0 fully saturated rings. The van der Waals surface area contributed by atoms with Crippen LogP contribution in [0, 0.1) is 5.82 Å². The number of aliphatic carboxylic acids is 1. The SMILES string of the molecule is CCOC(=O)/C(CC(=O)O)=C(/c1ccc(S(=O)(=O)NC(C)(C)C)cc1)c1ccc(OC)c(F)c1. The maximum absolute atomic E-state index is 14.5. The molecule has 0 amide bonds. The number of sulfonamides is 1. The molecule has 0 aliphatic rings. The van der Waals surface area contributed by atoms with E-state index in [0.29, 0.717) is 5.56 Å². The predicted octanol–water partition coefficient (Wildman–Crippen LogP) is 3.75. The Balaban J connectivity index is 2.74. The summed E-state index contributed by atoms with van der Waals surface area (Å²) in [5.41, 5.74) is -0.297. The summed E-state index contributed by atoms with van der Waals surface area (Å²) < 4.78 is 52.3. The summed E-state index contributed by atoms with van der Waals surface area (Å²) in [6.45, 7) is 6.69. The first-order chi connectivity index (χ1) is 15.8. The second kappa shape index (κ2) is 10.8. The number of rotatable bonds is 9. The van der Waals surface area contributed by atoms with Crippen molar-refractivity contribution in [2.24, 2.45) is 0 Å². The maximum atomic E-state index is 14.5. The molecule has 2 aromatic rings. The molecule has 184 valence electrons. The quantitative estimate of drug-likeness (QED) is 0.403. The van der Waals surface area contributed by atoms with Gasteiger partial charge in [-0.25, -0.2) is 22.3 Å². The van der Waals surface area contributed by atoms with Crippen LogP contribution in [0.4, 0.5) is 4.39 Å². The maximum Gasteiger partial charge on any atom is 0.335 e. The molecule has 34 heavy (non-hydrogen) atoms. The van der Waals surface area contributed by atoms with Crippen molar-refractivity contribution in [3.05, 3.63) is 65.0 Å². The Morgan fingerprint density at radius 3 is 2.12 bits per heavy atom. The van der Waals surface area contributed by atoms with Crippen molar-refractivity contribution >= 4 is 27.5 Å². The van der Waals surface area contributed by atoms with Gasteiger partial charge in [0.1, 0.15) is 0 Å². The number of nitrogens with one attached hydrogen (secondary N) is 1. The van der Waals surface area contributed by atoms with Crippen molar-refractivity contribution in [2.45, 2.75) is 44.6 Å². The third-order valence-corrected chi connectivity index (χ3v) is 6.26. The van der Waals surface area contributed by atoms with Crippen LogP contribution in [0.2, 0.25) is 0 Å². The van der Waals surface area contributed by atoms with Gasteiger partial charge in [0.05, 0.1) is 30.6 Å². The number of carbonyl (C=O) groups is 2. The fourth-order valence-electron chi connectivity index (χ4n) is 3.23. The highest BCUT2D eigenvalue weighted by atomic mass is 32.2. The van der Waals surface area contributed by atoms with Crippen LogP contribution in [0.5, 0.6) is 5.75 Å². The zero-order chi connectivity index (χ0) is 25.7. The molecule has 10 heteroatoms. The van der Waals surface area contributed by atoms with Crippen molar-refractivity contribution in [1.29, 1.82) is 0 Å². The normalized spacial score (nSPS) is 12.6. The summed E-state index contributed by atoms with van der Waals surface area (Å²) >= 11 is 0. The summed E-state index contributed by atoms with van der Waals surface area (Å²) in [5, 5.41) is 9.42. The molecule has 0 radical (unpaired) electrons. The van der Waals surface area contributed by atoms with Crippen LogP contribution in [-0.2, 0) is 24.3 Å². The molecule has 0 saturated carbocycles. The Bertz CT molecular complexity index is 1200. The minimum Gasteiger partial charge on any atom is -0.494 e. The summed E-state index contributed by atoms with van der Waals surface area (Å²) in [5.74, 6) is -2.91. The van der Waals surface area contributed by atoms with Gasteiger partial charge in [0.25, 0.3) is 0 Å². The highest BCUT2D eigenvalue weighted by Crippen LogP contribution is 2.32. The lowest BCUT2D eigenvalue weighted by molar-refractivity contribution is -0.142.